The summed E-state index contributed by atoms with van der Waals surface area (Å²) in [5, 5.41) is 0. The van der Waals surface area contributed by atoms with Crippen LogP contribution in [-0.4, -0.2) is 23.0 Å². The summed E-state index contributed by atoms with van der Waals surface area (Å²) in [6, 6.07) is 0. The Balaban J connectivity index is 4.04. The molecular formula is C10H22N2OS. The summed E-state index contributed by atoms with van der Waals surface area (Å²) in [5.74, 6) is 0.706. The number of nitrogens with two attached hydrogens (primary N) is 2. The second-order valence-corrected chi connectivity index (χ2v) is 6.74. The van der Waals surface area contributed by atoms with Gasteiger partial charge in [0.25, 0.3) is 0 Å². The Kier molecular flexibility index (Phi) is 4.95. The van der Waals surface area contributed by atoms with E-state index < -0.39 is 0 Å². The molecule has 0 saturated heterocycles. The van der Waals surface area contributed by atoms with Crippen molar-refractivity contribution in [3.63, 3.8) is 0 Å². The van der Waals surface area contributed by atoms with Gasteiger partial charge in [0.2, 0.25) is 5.91 Å². The van der Waals surface area contributed by atoms with Crippen LogP contribution in [0.3, 0.4) is 0 Å². The Morgan fingerprint density at radius 2 is 1.79 bits per heavy atom. The molecular weight excluding hydrogens is 196 g/mol. The third-order valence-corrected chi connectivity index (χ3v) is 3.86. The van der Waals surface area contributed by atoms with E-state index in [1.807, 2.05) is 13.8 Å². The van der Waals surface area contributed by atoms with Crippen LogP contribution in [0.2, 0.25) is 0 Å². The van der Waals surface area contributed by atoms with Crippen LogP contribution in [0.25, 0.3) is 0 Å². The average Bonchev–Trinajstić information content (AvgIpc) is 1.99. The highest BCUT2D eigenvalue weighted by Gasteiger charge is 2.25. The minimum Gasteiger partial charge on any atom is -0.370 e. The highest BCUT2D eigenvalue weighted by atomic mass is 32.2. The first-order chi connectivity index (χ1) is 6.18. The van der Waals surface area contributed by atoms with E-state index in [0.29, 0.717) is 13.0 Å². The minimum atomic E-state index is -0.243. The summed E-state index contributed by atoms with van der Waals surface area (Å²) in [6.45, 7) is 8.98. The molecule has 0 aliphatic carbocycles. The van der Waals surface area contributed by atoms with Gasteiger partial charge < -0.3 is 11.5 Å². The second-order valence-electron chi connectivity index (χ2n) is 5.06. The molecule has 0 aromatic heterocycles. The van der Waals surface area contributed by atoms with E-state index in [1.165, 1.54) is 0 Å². The maximum Gasteiger partial charge on any atom is 0.218 e. The first-order valence-corrected chi connectivity index (χ1v) is 5.79. The van der Waals surface area contributed by atoms with Gasteiger partial charge in [-0.3, -0.25) is 4.79 Å². The second kappa shape index (κ2) is 5.03. The Morgan fingerprint density at radius 1 is 1.29 bits per heavy atom. The number of carbonyl (C=O) groups is 1. The highest BCUT2D eigenvalue weighted by Crippen LogP contribution is 2.32. The first-order valence-electron chi connectivity index (χ1n) is 4.81. The Labute approximate surface area is 91.0 Å². The quantitative estimate of drug-likeness (QED) is 0.707. The van der Waals surface area contributed by atoms with Gasteiger partial charge in [-0.15, -0.1) is 0 Å². The van der Waals surface area contributed by atoms with Crippen molar-refractivity contribution < 1.29 is 4.79 Å². The third kappa shape index (κ3) is 6.27. The molecule has 4 heteroatoms. The fourth-order valence-corrected chi connectivity index (χ4v) is 2.06. The summed E-state index contributed by atoms with van der Waals surface area (Å²) in [5.41, 5.74) is 10.9. The van der Waals surface area contributed by atoms with Crippen LogP contribution in [0.15, 0.2) is 0 Å². The van der Waals surface area contributed by atoms with Crippen molar-refractivity contribution >= 4 is 17.7 Å². The summed E-state index contributed by atoms with van der Waals surface area (Å²) in [4.78, 5) is 10.8. The van der Waals surface area contributed by atoms with Crippen molar-refractivity contribution in [1.82, 2.24) is 0 Å². The van der Waals surface area contributed by atoms with Crippen molar-refractivity contribution in [3.8, 4) is 0 Å². The van der Waals surface area contributed by atoms with Crippen molar-refractivity contribution in [1.29, 1.82) is 0 Å². The number of hydrogen-bond donors (Lipinski definition) is 2. The molecule has 0 saturated carbocycles. The minimum absolute atomic E-state index is 0.0850. The van der Waals surface area contributed by atoms with Crippen LogP contribution in [-0.2, 0) is 4.79 Å². The van der Waals surface area contributed by atoms with Gasteiger partial charge >= 0.3 is 0 Å². The zero-order valence-electron chi connectivity index (χ0n) is 9.59. The smallest absolute Gasteiger partial charge is 0.218 e. The molecule has 0 bridgehead atoms. The largest absolute Gasteiger partial charge is 0.370 e. The highest BCUT2D eigenvalue weighted by molar-refractivity contribution is 8.00. The van der Waals surface area contributed by atoms with Crippen molar-refractivity contribution in [3.05, 3.63) is 0 Å². The molecule has 0 aromatic carbocycles. The van der Waals surface area contributed by atoms with E-state index >= 15 is 0 Å². The van der Waals surface area contributed by atoms with Crippen molar-refractivity contribution in [2.45, 2.75) is 38.9 Å². The lowest BCUT2D eigenvalue weighted by Crippen LogP contribution is -2.31. The van der Waals surface area contributed by atoms with Gasteiger partial charge in [0.15, 0.2) is 0 Å². The molecule has 0 fully saturated rings. The van der Waals surface area contributed by atoms with Crippen LogP contribution in [0.1, 0.15) is 34.1 Å². The summed E-state index contributed by atoms with van der Waals surface area (Å²) in [6.07, 6.45) is 0.415. The van der Waals surface area contributed by atoms with Gasteiger partial charge in [-0.2, -0.15) is 11.8 Å². The van der Waals surface area contributed by atoms with Crippen LogP contribution in [0.5, 0.6) is 0 Å². The molecule has 0 heterocycles. The van der Waals surface area contributed by atoms with Gasteiger partial charge in [0.1, 0.15) is 0 Å². The average molecular weight is 218 g/mol. The fourth-order valence-electron chi connectivity index (χ4n) is 0.920. The Morgan fingerprint density at radius 3 is 2.14 bits per heavy atom. The van der Waals surface area contributed by atoms with Gasteiger partial charge in [-0.25, -0.2) is 0 Å². The number of hydrogen-bond acceptors (Lipinski definition) is 3. The first kappa shape index (κ1) is 13.8. The van der Waals surface area contributed by atoms with Gasteiger partial charge in [0.05, 0.1) is 0 Å². The molecule has 0 unspecified atom stereocenters. The van der Waals surface area contributed by atoms with Gasteiger partial charge in [-0.1, -0.05) is 27.7 Å². The van der Waals surface area contributed by atoms with Crippen molar-refractivity contribution in [2.24, 2.45) is 16.9 Å². The summed E-state index contributed by atoms with van der Waals surface area (Å²) in [7, 11) is 0. The number of amides is 1. The SMILES string of the molecule is CC(C)(CN)CSC(C)(C)CC(N)=O. The molecule has 0 aromatic rings. The topological polar surface area (TPSA) is 69.1 Å². The maximum absolute atomic E-state index is 10.8. The summed E-state index contributed by atoms with van der Waals surface area (Å²) >= 11 is 1.76. The predicted octanol–water partition coefficient (Wildman–Crippen LogP) is 1.36. The molecule has 14 heavy (non-hydrogen) atoms. The monoisotopic (exact) mass is 218 g/mol. The lowest BCUT2D eigenvalue weighted by molar-refractivity contribution is -0.118. The molecule has 4 N–H and O–H groups in total. The Bertz CT molecular complexity index is 202. The summed E-state index contributed by atoms with van der Waals surface area (Å²) < 4.78 is -0.0850. The van der Waals surface area contributed by atoms with Crippen LogP contribution in [0.4, 0.5) is 0 Å². The Hall–Kier alpha value is -0.220. The number of rotatable bonds is 6. The van der Waals surface area contributed by atoms with Gasteiger partial charge in [-0.05, 0) is 12.0 Å². The molecule has 0 aliphatic heterocycles. The molecule has 84 valence electrons. The maximum atomic E-state index is 10.8. The van der Waals surface area contributed by atoms with Crippen LogP contribution >= 0.6 is 11.8 Å². The normalized spacial score (nSPS) is 12.9. The molecule has 0 spiro atoms. The fraction of sp³-hybridized carbons (Fsp3) is 0.900. The number of primary amides is 1. The molecule has 0 radical (unpaired) electrons. The van der Waals surface area contributed by atoms with E-state index in [0.717, 1.165) is 5.75 Å². The van der Waals surface area contributed by atoms with E-state index in [9.17, 15) is 4.79 Å². The molecule has 3 nitrogen and oxygen atoms in total. The zero-order valence-corrected chi connectivity index (χ0v) is 10.4. The van der Waals surface area contributed by atoms with Crippen molar-refractivity contribution in [2.75, 3.05) is 12.3 Å². The van der Waals surface area contributed by atoms with Crippen LogP contribution < -0.4 is 11.5 Å². The predicted molar refractivity (Wildman–Crippen MR) is 63.2 cm³/mol. The molecule has 0 atom stereocenters. The van der Waals surface area contributed by atoms with E-state index in [-0.39, 0.29) is 16.1 Å². The lowest BCUT2D eigenvalue weighted by Gasteiger charge is -2.29. The van der Waals surface area contributed by atoms with Crippen LogP contribution in [0, 0.1) is 5.41 Å². The van der Waals surface area contributed by atoms with E-state index in [2.05, 4.69) is 13.8 Å². The molecule has 0 aliphatic rings. The van der Waals surface area contributed by atoms with E-state index in [4.69, 9.17) is 11.5 Å². The molecule has 0 rings (SSSR count). The lowest BCUT2D eigenvalue weighted by atomic mass is 9.97. The number of thioether (sulfide) groups is 1. The van der Waals surface area contributed by atoms with E-state index in [1.54, 1.807) is 11.8 Å². The molecule has 1 amide bonds. The number of carbonyl (C=O) groups excluding carboxylic acids is 1. The standard InChI is InChI=1S/C10H22N2OS/c1-9(2,6-11)7-14-10(3,4)5-8(12)13/h5-7,11H2,1-4H3,(H2,12,13). The third-order valence-electron chi connectivity index (χ3n) is 2.01. The zero-order chi connectivity index (χ0) is 11.4. The van der Waals surface area contributed by atoms with Gasteiger partial charge in [0, 0.05) is 16.9 Å².